The monoisotopic (exact) mass is 886 g/mol. The van der Waals surface area contributed by atoms with Crippen LogP contribution in [0.5, 0.6) is 0 Å². The van der Waals surface area contributed by atoms with Crippen molar-refractivity contribution in [2.75, 3.05) is 13.2 Å². The maximum absolute atomic E-state index is 15.0. The van der Waals surface area contributed by atoms with Crippen LogP contribution in [-0.4, -0.2) is 184 Å². The zero-order chi connectivity index (χ0) is 44.6. The minimum Gasteiger partial charge on any atom is -0.481 e. The van der Waals surface area contributed by atoms with Crippen LogP contribution in [0.25, 0.3) is 0 Å². The number of hydrogen-bond acceptors (Lipinski definition) is 18. The van der Waals surface area contributed by atoms with Gasteiger partial charge in [-0.1, -0.05) is 12.8 Å². The summed E-state index contributed by atoms with van der Waals surface area (Å²) in [5, 5.41) is 128. The number of carboxylic acid groups (broad SMARTS) is 2. The summed E-state index contributed by atoms with van der Waals surface area (Å²) in [4.78, 5) is 55.3. The first-order valence-corrected chi connectivity index (χ1v) is 22.3. The SMILES string of the molecule is O=C(O)C1CC(O)C2C(=O)C3C(OC4O[C@H](CO)[C@@H](O)[C@H](O)[C@H]4O)CCCC3C(C3C4CC(C(=O)O)CC(O)C4C(=O)C4C(O[C@H]5O[C@@H](CO)[C@@H](O)[C@H](O)[C@H]5O)CCCC43)C2C1. The number of carbonyl (C=O) groups is 4. The molecule has 0 bridgehead atoms. The van der Waals surface area contributed by atoms with Crippen molar-refractivity contribution in [3.8, 4) is 0 Å². The topological polar surface area (TPSA) is 348 Å². The van der Waals surface area contributed by atoms with Crippen molar-refractivity contribution >= 4 is 23.5 Å². The number of aliphatic hydroxyl groups is 10. The molecule has 0 aromatic carbocycles. The molecule has 8 rings (SSSR count). The van der Waals surface area contributed by atoms with Crippen LogP contribution in [0.2, 0.25) is 0 Å². The van der Waals surface area contributed by atoms with E-state index in [0.29, 0.717) is 25.7 Å². The van der Waals surface area contributed by atoms with Crippen LogP contribution in [0.15, 0.2) is 0 Å². The molecule has 2 aliphatic heterocycles. The molecule has 0 aromatic rings. The number of aliphatic carboxylic acids is 2. The van der Waals surface area contributed by atoms with E-state index in [4.69, 9.17) is 18.9 Å². The minimum absolute atomic E-state index is 0.0101. The molecule has 20 heteroatoms. The van der Waals surface area contributed by atoms with Gasteiger partial charge in [0, 0.05) is 23.7 Å². The van der Waals surface area contributed by atoms with Gasteiger partial charge in [-0.25, -0.2) is 0 Å². The molecule has 8 aliphatic rings. The van der Waals surface area contributed by atoms with Crippen molar-refractivity contribution in [2.45, 2.75) is 150 Å². The Bertz CT molecular complexity index is 1540. The first kappa shape index (κ1) is 46.3. The van der Waals surface area contributed by atoms with Crippen LogP contribution in [0, 0.1) is 71.0 Å². The fourth-order valence-electron chi connectivity index (χ4n) is 13.8. The Morgan fingerprint density at radius 2 is 0.871 bits per heavy atom. The average Bonchev–Trinajstić information content (AvgIpc) is 3.24. The number of carbonyl (C=O) groups excluding carboxylic acids is 2. The second-order valence-corrected chi connectivity index (χ2v) is 19.5. The van der Waals surface area contributed by atoms with Crippen molar-refractivity contribution in [1.29, 1.82) is 0 Å². The minimum atomic E-state index is -1.78. The standard InChI is InChI=1S/C42H62O20/c43-11-23-31(47)35(51)37(53)41(61-23)59-21-5-1-3-15-25(17-7-13(39(55)56)9-19(45)27(17)33(49)29(15)21)26-16-4-2-6-22(60-42-38(54)36(52)32(48)24(12-44)62-42)30(16)34(50)28-18(26)8-14(40(57)58)10-20(28)46/h13-32,35-38,41-48,51-54H,1-12H2,(H,55,56)(H,57,58)/t13?,14?,15?,16?,17?,18?,19?,20?,21?,22?,23-,24+,25?,26?,27?,28?,29?,30?,31-,32-,35+,36+,37-,38-,41?,42+/m1/s1. The van der Waals surface area contributed by atoms with E-state index in [2.05, 4.69) is 0 Å². The fraction of sp³-hybridized carbons (Fsp3) is 0.905. The van der Waals surface area contributed by atoms with E-state index in [9.17, 15) is 80.5 Å². The molecule has 8 fully saturated rings. The number of Topliss-reactive ketones (excluding diaryl/α,β-unsaturated/α-hetero) is 2. The van der Waals surface area contributed by atoms with Gasteiger partial charge in [0.05, 0.1) is 49.5 Å². The Hall–Kier alpha value is -2.28. The molecule has 62 heavy (non-hydrogen) atoms. The number of rotatable bonds is 9. The van der Waals surface area contributed by atoms with Gasteiger partial charge in [0.2, 0.25) is 0 Å². The Kier molecular flexibility index (Phi) is 13.6. The Balaban J connectivity index is 1.22. The summed E-state index contributed by atoms with van der Waals surface area (Å²) in [5.41, 5.74) is 0. The zero-order valence-corrected chi connectivity index (χ0v) is 34.1. The van der Waals surface area contributed by atoms with Gasteiger partial charge in [-0.05, 0) is 86.9 Å². The highest BCUT2D eigenvalue weighted by Crippen LogP contribution is 2.63. The quantitative estimate of drug-likeness (QED) is 0.108. The van der Waals surface area contributed by atoms with Gasteiger partial charge in [0.25, 0.3) is 0 Å². The molecule has 20 nitrogen and oxygen atoms in total. The lowest BCUT2D eigenvalue weighted by atomic mass is 9.42. The molecule has 0 radical (unpaired) electrons. The maximum atomic E-state index is 15.0. The summed E-state index contributed by atoms with van der Waals surface area (Å²) in [6.07, 6.45) is -19.3. The molecule has 2 heterocycles. The van der Waals surface area contributed by atoms with Crippen LogP contribution in [0.3, 0.4) is 0 Å². The number of ether oxygens (including phenoxy) is 4. The molecule has 17 unspecified atom stereocenters. The number of aliphatic hydroxyl groups excluding tert-OH is 10. The fourth-order valence-corrected chi connectivity index (χ4v) is 13.8. The molecule has 12 N–H and O–H groups in total. The normalized spacial score (nSPS) is 53.1. The Morgan fingerprint density at radius 1 is 0.500 bits per heavy atom. The first-order valence-electron chi connectivity index (χ1n) is 22.3. The molecular formula is C42H62O20. The average molecular weight is 887 g/mol. The van der Waals surface area contributed by atoms with Crippen LogP contribution in [0.4, 0.5) is 0 Å². The largest absolute Gasteiger partial charge is 0.481 e. The van der Waals surface area contributed by atoms with Crippen molar-refractivity contribution in [3.63, 3.8) is 0 Å². The summed E-state index contributed by atoms with van der Waals surface area (Å²) >= 11 is 0. The molecule has 6 saturated carbocycles. The summed E-state index contributed by atoms with van der Waals surface area (Å²) in [7, 11) is 0. The Morgan fingerprint density at radius 3 is 1.21 bits per heavy atom. The van der Waals surface area contributed by atoms with Crippen molar-refractivity contribution in [1.82, 2.24) is 0 Å². The highest BCUT2D eigenvalue weighted by Gasteiger charge is 2.66. The van der Waals surface area contributed by atoms with E-state index in [1.54, 1.807) is 0 Å². The third-order valence-corrected chi connectivity index (χ3v) is 16.4. The Labute approximate surface area is 356 Å². The third-order valence-electron chi connectivity index (χ3n) is 16.4. The van der Waals surface area contributed by atoms with Gasteiger partial charge in [-0.3, -0.25) is 19.2 Å². The molecule has 6 aliphatic carbocycles. The van der Waals surface area contributed by atoms with Crippen LogP contribution in [-0.2, 0) is 38.1 Å². The molecular weight excluding hydrogens is 824 g/mol. The highest BCUT2D eigenvalue weighted by atomic mass is 16.7. The zero-order valence-electron chi connectivity index (χ0n) is 34.1. The predicted molar refractivity (Wildman–Crippen MR) is 203 cm³/mol. The number of fused-ring (bicyclic) bond motifs is 4. The lowest BCUT2D eigenvalue weighted by molar-refractivity contribution is -0.321. The van der Waals surface area contributed by atoms with E-state index in [0.717, 1.165) is 0 Å². The van der Waals surface area contributed by atoms with Gasteiger partial charge in [0.15, 0.2) is 12.6 Å². The highest BCUT2D eigenvalue weighted by molar-refractivity contribution is 5.88. The third kappa shape index (κ3) is 7.86. The maximum Gasteiger partial charge on any atom is 0.306 e. The van der Waals surface area contributed by atoms with Gasteiger partial charge in [0.1, 0.15) is 60.4 Å². The van der Waals surface area contributed by atoms with Gasteiger partial charge in [-0.15, -0.1) is 0 Å². The molecule has 0 aromatic heterocycles. The molecule has 350 valence electrons. The molecule has 0 spiro atoms. The van der Waals surface area contributed by atoms with Crippen LogP contribution >= 0.6 is 0 Å². The van der Waals surface area contributed by atoms with Gasteiger partial charge < -0.3 is 80.2 Å². The summed E-state index contributed by atoms with van der Waals surface area (Å²) in [6, 6.07) is 0. The van der Waals surface area contributed by atoms with Crippen LogP contribution < -0.4 is 0 Å². The number of carboxylic acids is 2. The van der Waals surface area contributed by atoms with Crippen molar-refractivity contribution < 1.29 is 99.4 Å². The predicted octanol–water partition coefficient (Wildman–Crippen LogP) is -3.24. The summed E-state index contributed by atoms with van der Waals surface area (Å²) < 4.78 is 24.1. The molecule has 2 saturated heterocycles. The number of hydrogen-bond donors (Lipinski definition) is 12. The van der Waals surface area contributed by atoms with E-state index in [1.807, 2.05) is 0 Å². The van der Waals surface area contributed by atoms with E-state index < -0.39 is 182 Å². The molecule has 26 atom stereocenters. The number of ketones is 2. The smallest absolute Gasteiger partial charge is 0.306 e. The lowest BCUT2D eigenvalue weighted by Crippen LogP contribution is -2.66. The van der Waals surface area contributed by atoms with E-state index in [-0.39, 0.29) is 50.1 Å². The second-order valence-electron chi connectivity index (χ2n) is 19.5. The van der Waals surface area contributed by atoms with Gasteiger partial charge >= 0.3 is 11.9 Å². The lowest BCUT2D eigenvalue weighted by Gasteiger charge is -2.62. The van der Waals surface area contributed by atoms with Crippen molar-refractivity contribution in [2.24, 2.45) is 71.0 Å². The van der Waals surface area contributed by atoms with Crippen molar-refractivity contribution in [3.05, 3.63) is 0 Å². The van der Waals surface area contributed by atoms with E-state index >= 15 is 0 Å². The molecule has 0 amide bonds. The first-order chi connectivity index (χ1) is 29.5. The van der Waals surface area contributed by atoms with E-state index in [1.165, 1.54) is 0 Å². The summed E-state index contributed by atoms with van der Waals surface area (Å²) in [6.45, 7) is -1.45. The van der Waals surface area contributed by atoms with Crippen LogP contribution in [0.1, 0.15) is 64.2 Å². The second kappa shape index (κ2) is 18.2. The van der Waals surface area contributed by atoms with Gasteiger partial charge in [-0.2, -0.15) is 0 Å². The summed E-state index contributed by atoms with van der Waals surface area (Å²) in [5.74, 6) is -13.5.